The van der Waals surface area contributed by atoms with Crippen molar-refractivity contribution in [1.82, 2.24) is 0 Å². The molecule has 15 heavy (non-hydrogen) atoms. The standard InChI is InChI=1S/C13H18O2/c1-4-5-8-15-13-9-10(2)6-7-12(13)11(3)14/h6-7,9H,4-5,8H2,1-3H3. The molecule has 0 unspecified atom stereocenters. The molecular formula is C13H18O2. The van der Waals surface area contributed by atoms with Crippen LogP contribution in [-0.4, -0.2) is 12.4 Å². The minimum Gasteiger partial charge on any atom is -0.493 e. The Labute approximate surface area is 91.3 Å². The van der Waals surface area contributed by atoms with E-state index in [1.54, 1.807) is 6.92 Å². The average molecular weight is 206 g/mol. The molecule has 0 amide bonds. The first-order valence-corrected chi connectivity index (χ1v) is 5.39. The highest BCUT2D eigenvalue weighted by Crippen LogP contribution is 2.21. The predicted molar refractivity (Wildman–Crippen MR) is 61.6 cm³/mol. The van der Waals surface area contributed by atoms with Gasteiger partial charge in [0.15, 0.2) is 5.78 Å². The van der Waals surface area contributed by atoms with Crippen LogP contribution >= 0.6 is 0 Å². The van der Waals surface area contributed by atoms with Gasteiger partial charge >= 0.3 is 0 Å². The van der Waals surface area contributed by atoms with Crippen LogP contribution in [0.4, 0.5) is 0 Å². The number of carbonyl (C=O) groups excluding carboxylic acids is 1. The van der Waals surface area contributed by atoms with Gasteiger partial charge in [-0.25, -0.2) is 0 Å². The van der Waals surface area contributed by atoms with Gasteiger partial charge in [0.25, 0.3) is 0 Å². The number of hydrogen-bond donors (Lipinski definition) is 0. The van der Waals surface area contributed by atoms with Crippen LogP contribution in [0.1, 0.15) is 42.6 Å². The van der Waals surface area contributed by atoms with Gasteiger partial charge < -0.3 is 4.74 Å². The average Bonchev–Trinajstić information content (AvgIpc) is 2.18. The molecule has 0 aromatic heterocycles. The predicted octanol–water partition coefficient (Wildman–Crippen LogP) is 3.38. The number of unbranched alkanes of at least 4 members (excludes halogenated alkanes) is 1. The molecule has 0 aliphatic heterocycles. The van der Waals surface area contributed by atoms with Crippen LogP contribution in [0.3, 0.4) is 0 Å². The molecule has 0 aliphatic carbocycles. The fourth-order valence-electron chi connectivity index (χ4n) is 1.37. The molecule has 0 bridgehead atoms. The molecule has 1 rings (SSSR count). The highest BCUT2D eigenvalue weighted by atomic mass is 16.5. The number of rotatable bonds is 5. The van der Waals surface area contributed by atoms with Crippen molar-refractivity contribution in [3.63, 3.8) is 0 Å². The van der Waals surface area contributed by atoms with E-state index in [0.717, 1.165) is 24.2 Å². The van der Waals surface area contributed by atoms with Crippen molar-refractivity contribution in [1.29, 1.82) is 0 Å². The van der Waals surface area contributed by atoms with E-state index in [9.17, 15) is 4.79 Å². The van der Waals surface area contributed by atoms with Crippen molar-refractivity contribution < 1.29 is 9.53 Å². The maximum Gasteiger partial charge on any atom is 0.163 e. The lowest BCUT2D eigenvalue weighted by Gasteiger charge is -2.10. The van der Waals surface area contributed by atoms with Crippen molar-refractivity contribution in [3.8, 4) is 5.75 Å². The zero-order valence-corrected chi connectivity index (χ0v) is 9.67. The summed E-state index contributed by atoms with van der Waals surface area (Å²) in [4.78, 5) is 11.3. The number of benzene rings is 1. The molecule has 2 heteroatoms. The Bertz CT molecular complexity index is 342. The molecule has 1 aromatic rings. The number of aryl methyl sites for hydroxylation is 1. The third kappa shape index (κ3) is 3.39. The molecule has 0 fully saturated rings. The molecule has 0 radical (unpaired) electrons. The van der Waals surface area contributed by atoms with E-state index in [2.05, 4.69) is 6.92 Å². The molecule has 0 spiro atoms. The number of ether oxygens (including phenoxy) is 1. The third-order valence-electron chi connectivity index (χ3n) is 2.27. The van der Waals surface area contributed by atoms with E-state index in [1.165, 1.54) is 0 Å². The quantitative estimate of drug-likeness (QED) is 0.545. The fourth-order valence-corrected chi connectivity index (χ4v) is 1.37. The zero-order valence-electron chi connectivity index (χ0n) is 9.67. The summed E-state index contributed by atoms with van der Waals surface area (Å²) in [6.07, 6.45) is 2.12. The molecule has 2 nitrogen and oxygen atoms in total. The maximum absolute atomic E-state index is 11.3. The Morgan fingerprint density at radius 1 is 1.40 bits per heavy atom. The summed E-state index contributed by atoms with van der Waals surface area (Å²) in [7, 11) is 0. The topological polar surface area (TPSA) is 26.3 Å². The highest BCUT2D eigenvalue weighted by molar-refractivity contribution is 5.96. The Balaban J connectivity index is 2.82. The van der Waals surface area contributed by atoms with Gasteiger partial charge in [-0.1, -0.05) is 19.4 Å². The Morgan fingerprint density at radius 3 is 2.73 bits per heavy atom. The van der Waals surface area contributed by atoms with Crippen LogP contribution in [0.25, 0.3) is 0 Å². The van der Waals surface area contributed by atoms with Crippen LogP contribution in [0.5, 0.6) is 5.75 Å². The van der Waals surface area contributed by atoms with Gasteiger partial charge in [-0.05, 0) is 38.0 Å². The van der Waals surface area contributed by atoms with E-state index < -0.39 is 0 Å². The first-order chi connectivity index (χ1) is 7.15. The van der Waals surface area contributed by atoms with Gasteiger partial charge in [-0.3, -0.25) is 4.79 Å². The maximum atomic E-state index is 11.3. The van der Waals surface area contributed by atoms with Crippen molar-refractivity contribution in [3.05, 3.63) is 29.3 Å². The van der Waals surface area contributed by atoms with E-state index in [-0.39, 0.29) is 5.78 Å². The van der Waals surface area contributed by atoms with Crippen LogP contribution < -0.4 is 4.74 Å². The fraction of sp³-hybridized carbons (Fsp3) is 0.462. The van der Waals surface area contributed by atoms with Gasteiger partial charge in [0, 0.05) is 0 Å². The molecule has 0 atom stereocenters. The van der Waals surface area contributed by atoms with Crippen molar-refractivity contribution in [2.24, 2.45) is 0 Å². The lowest BCUT2D eigenvalue weighted by molar-refractivity contribution is 0.101. The van der Waals surface area contributed by atoms with Crippen molar-refractivity contribution >= 4 is 5.78 Å². The number of carbonyl (C=O) groups is 1. The van der Waals surface area contributed by atoms with E-state index in [0.29, 0.717) is 12.2 Å². The molecular weight excluding hydrogens is 188 g/mol. The second kappa shape index (κ2) is 5.54. The molecule has 0 N–H and O–H groups in total. The van der Waals surface area contributed by atoms with E-state index in [4.69, 9.17) is 4.74 Å². The number of hydrogen-bond acceptors (Lipinski definition) is 2. The van der Waals surface area contributed by atoms with Gasteiger partial charge in [0.2, 0.25) is 0 Å². The van der Waals surface area contributed by atoms with Gasteiger partial charge in [0.05, 0.1) is 12.2 Å². The normalized spacial score (nSPS) is 10.1. The minimum atomic E-state index is 0.0569. The second-order valence-electron chi connectivity index (χ2n) is 3.76. The molecule has 0 heterocycles. The first kappa shape index (κ1) is 11.8. The number of ketones is 1. The van der Waals surface area contributed by atoms with Gasteiger partial charge in [-0.2, -0.15) is 0 Å². The van der Waals surface area contributed by atoms with Crippen LogP contribution in [0.2, 0.25) is 0 Å². The Kier molecular flexibility index (Phi) is 4.35. The molecule has 82 valence electrons. The SMILES string of the molecule is CCCCOc1cc(C)ccc1C(C)=O. The van der Waals surface area contributed by atoms with E-state index >= 15 is 0 Å². The minimum absolute atomic E-state index is 0.0569. The van der Waals surface area contributed by atoms with Gasteiger partial charge in [-0.15, -0.1) is 0 Å². The monoisotopic (exact) mass is 206 g/mol. The molecule has 0 saturated carbocycles. The summed E-state index contributed by atoms with van der Waals surface area (Å²) in [6.45, 7) is 6.36. The van der Waals surface area contributed by atoms with Crippen LogP contribution in [0, 0.1) is 6.92 Å². The molecule has 0 aliphatic rings. The summed E-state index contributed by atoms with van der Waals surface area (Å²) >= 11 is 0. The van der Waals surface area contributed by atoms with Crippen LogP contribution in [-0.2, 0) is 0 Å². The smallest absolute Gasteiger partial charge is 0.163 e. The Hall–Kier alpha value is -1.31. The van der Waals surface area contributed by atoms with Crippen molar-refractivity contribution in [2.75, 3.05) is 6.61 Å². The van der Waals surface area contributed by atoms with Gasteiger partial charge in [0.1, 0.15) is 5.75 Å². The molecule has 0 saturated heterocycles. The first-order valence-electron chi connectivity index (χ1n) is 5.39. The lowest BCUT2D eigenvalue weighted by Crippen LogP contribution is -2.02. The summed E-state index contributed by atoms with van der Waals surface area (Å²) in [5, 5.41) is 0. The van der Waals surface area contributed by atoms with Crippen LogP contribution in [0.15, 0.2) is 18.2 Å². The third-order valence-corrected chi connectivity index (χ3v) is 2.27. The highest BCUT2D eigenvalue weighted by Gasteiger charge is 2.07. The molecule has 1 aromatic carbocycles. The summed E-state index contributed by atoms with van der Waals surface area (Å²) < 4.78 is 5.60. The summed E-state index contributed by atoms with van der Waals surface area (Å²) in [6, 6.07) is 5.69. The lowest BCUT2D eigenvalue weighted by atomic mass is 10.1. The van der Waals surface area contributed by atoms with E-state index in [1.807, 2.05) is 25.1 Å². The Morgan fingerprint density at radius 2 is 2.13 bits per heavy atom. The summed E-state index contributed by atoms with van der Waals surface area (Å²) in [5.41, 5.74) is 1.79. The largest absolute Gasteiger partial charge is 0.493 e. The zero-order chi connectivity index (χ0) is 11.3. The summed E-state index contributed by atoms with van der Waals surface area (Å²) in [5.74, 6) is 0.775. The number of Topliss-reactive ketones (excluding diaryl/α,β-unsaturated/α-hetero) is 1. The second-order valence-corrected chi connectivity index (χ2v) is 3.76. The van der Waals surface area contributed by atoms with Crippen molar-refractivity contribution in [2.45, 2.75) is 33.6 Å².